The number of thiazole rings is 1. The lowest BCUT2D eigenvalue weighted by Crippen LogP contribution is -1.97. The quantitative estimate of drug-likeness (QED) is 0.788. The smallest absolute Gasteiger partial charge is 0.166 e. The molecule has 0 aliphatic rings. The lowest BCUT2D eigenvalue weighted by molar-refractivity contribution is 0.432. The van der Waals surface area contributed by atoms with E-state index in [1.165, 1.54) is 23.5 Å². The molecule has 3 nitrogen and oxygen atoms in total. The molecular weight excluding hydrogens is 215 g/mol. The minimum Gasteiger partial charge on any atom is -0.505 e. The molecule has 1 aromatic carbocycles. The number of benzene rings is 1. The van der Waals surface area contributed by atoms with Gasteiger partial charge in [-0.2, -0.15) is 0 Å². The molecular formula is C10H9FN2OS. The number of nitrogens with zero attached hydrogens (tertiary/aromatic N) is 1. The third kappa shape index (κ3) is 2.44. The third-order valence-electron chi connectivity index (χ3n) is 1.90. The number of halogens is 1. The second kappa shape index (κ2) is 4.27. The lowest BCUT2D eigenvalue weighted by Gasteiger charge is -2.04. The van der Waals surface area contributed by atoms with Crippen LogP contribution in [-0.2, 0) is 6.54 Å². The number of hydrogen-bond donors (Lipinski definition) is 2. The highest BCUT2D eigenvalue weighted by Crippen LogP contribution is 2.20. The first-order valence-corrected chi connectivity index (χ1v) is 5.23. The highest BCUT2D eigenvalue weighted by Gasteiger charge is 2.01. The van der Waals surface area contributed by atoms with Crippen molar-refractivity contribution in [2.75, 3.05) is 5.32 Å². The van der Waals surface area contributed by atoms with Crippen molar-refractivity contribution in [2.24, 2.45) is 0 Å². The van der Waals surface area contributed by atoms with Gasteiger partial charge in [-0.05, 0) is 12.1 Å². The van der Waals surface area contributed by atoms with Crippen molar-refractivity contribution in [3.8, 4) is 5.75 Å². The summed E-state index contributed by atoms with van der Waals surface area (Å²) in [6.07, 6.45) is 1.76. The molecule has 0 atom stereocenters. The monoisotopic (exact) mass is 224 g/mol. The summed E-state index contributed by atoms with van der Waals surface area (Å²) < 4.78 is 12.9. The SMILES string of the molecule is Oc1ccc(NCc2cncs2)cc1F. The van der Waals surface area contributed by atoms with Gasteiger partial charge in [0.15, 0.2) is 11.6 Å². The standard InChI is InChI=1S/C10H9FN2OS/c11-9-3-7(1-2-10(9)14)13-5-8-4-12-6-15-8/h1-4,6,13-14H,5H2. The van der Waals surface area contributed by atoms with Crippen LogP contribution in [0.25, 0.3) is 0 Å². The highest BCUT2D eigenvalue weighted by atomic mass is 32.1. The molecule has 0 spiro atoms. The summed E-state index contributed by atoms with van der Waals surface area (Å²) in [7, 11) is 0. The zero-order valence-electron chi connectivity index (χ0n) is 7.77. The summed E-state index contributed by atoms with van der Waals surface area (Å²) in [5.74, 6) is -0.956. The van der Waals surface area contributed by atoms with Gasteiger partial charge in [-0.3, -0.25) is 4.98 Å². The molecule has 0 aliphatic carbocycles. The minimum absolute atomic E-state index is 0.335. The molecule has 0 aliphatic heterocycles. The first-order chi connectivity index (χ1) is 7.25. The first-order valence-electron chi connectivity index (χ1n) is 4.35. The Balaban J connectivity index is 2.02. The summed E-state index contributed by atoms with van der Waals surface area (Å²) >= 11 is 1.53. The molecule has 0 saturated heterocycles. The number of aromatic hydroxyl groups is 1. The zero-order valence-corrected chi connectivity index (χ0v) is 8.59. The van der Waals surface area contributed by atoms with E-state index in [1.54, 1.807) is 17.8 Å². The molecule has 0 unspecified atom stereocenters. The second-order valence-electron chi connectivity index (χ2n) is 2.99. The summed E-state index contributed by atoms with van der Waals surface area (Å²) in [4.78, 5) is 5.00. The number of nitrogens with one attached hydrogen (secondary N) is 1. The van der Waals surface area contributed by atoms with Crippen LogP contribution < -0.4 is 5.32 Å². The second-order valence-corrected chi connectivity index (χ2v) is 3.96. The van der Waals surface area contributed by atoms with E-state index in [0.29, 0.717) is 12.2 Å². The van der Waals surface area contributed by atoms with E-state index >= 15 is 0 Å². The van der Waals surface area contributed by atoms with Crippen LogP contribution in [0.1, 0.15) is 4.88 Å². The van der Waals surface area contributed by atoms with Crippen molar-refractivity contribution >= 4 is 17.0 Å². The molecule has 5 heteroatoms. The Labute approximate surface area is 90.2 Å². The number of anilines is 1. The van der Waals surface area contributed by atoms with Crippen molar-refractivity contribution in [1.29, 1.82) is 0 Å². The topological polar surface area (TPSA) is 45.1 Å². The normalized spacial score (nSPS) is 10.2. The molecule has 0 radical (unpaired) electrons. The van der Waals surface area contributed by atoms with E-state index in [2.05, 4.69) is 10.3 Å². The van der Waals surface area contributed by atoms with Crippen LogP contribution in [0.5, 0.6) is 5.75 Å². The van der Waals surface area contributed by atoms with Crippen molar-refractivity contribution < 1.29 is 9.50 Å². The maximum Gasteiger partial charge on any atom is 0.166 e. The fourth-order valence-corrected chi connectivity index (χ4v) is 1.67. The van der Waals surface area contributed by atoms with Gasteiger partial charge in [0, 0.05) is 22.8 Å². The Hall–Kier alpha value is -1.62. The van der Waals surface area contributed by atoms with Crippen LogP contribution in [-0.4, -0.2) is 10.1 Å². The van der Waals surface area contributed by atoms with Gasteiger partial charge >= 0.3 is 0 Å². The number of aromatic nitrogens is 1. The van der Waals surface area contributed by atoms with E-state index < -0.39 is 5.82 Å². The van der Waals surface area contributed by atoms with Gasteiger partial charge < -0.3 is 10.4 Å². The molecule has 15 heavy (non-hydrogen) atoms. The number of hydrogen-bond acceptors (Lipinski definition) is 4. The van der Waals surface area contributed by atoms with E-state index in [9.17, 15) is 4.39 Å². The summed E-state index contributed by atoms with van der Waals surface area (Å²) in [5, 5.41) is 12.0. The molecule has 1 heterocycles. The van der Waals surface area contributed by atoms with E-state index in [1.807, 2.05) is 0 Å². The Morgan fingerprint density at radius 1 is 1.47 bits per heavy atom. The Bertz CT molecular complexity index is 445. The lowest BCUT2D eigenvalue weighted by atomic mass is 10.3. The Morgan fingerprint density at radius 3 is 3.00 bits per heavy atom. The van der Waals surface area contributed by atoms with Crippen molar-refractivity contribution in [2.45, 2.75) is 6.54 Å². The van der Waals surface area contributed by atoms with Gasteiger partial charge in [-0.25, -0.2) is 4.39 Å². The maximum absolute atomic E-state index is 12.9. The molecule has 2 aromatic rings. The average molecular weight is 224 g/mol. The van der Waals surface area contributed by atoms with Gasteiger partial charge in [0.25, 0.3) is 0 Å². The molecule has 2 N–H and O–H groups in total. The molecule has 0 bridgehead atoms. The molecule has 78 valence electrons. The number of rotatable bonds is 3. The number of phenols is 1. The van der Waals surface area contributed by atoms with Crippen molar-refractivity contribution in [3.63, 3.8) is 0 Å². The van der Waals surface area contributed by atoms with Crippen LogP contribution in [0.2, 0.25) is 0 Å². The van der Waals surface area contributed by atoms with Crippen LogP contribution in [0.3, 0.4) is 0 Å². The van der Waals surface area contributed by atoms with Crippen molar-refractivity contribution in [1.82, 2.24) is 4.98 Å². The predicted octanol–water partition coefficient (Wildman–Crippen LogP) is 2.60. The first kappa shape index (κ1) is 9.92. The fourth-order valence-electron chi connectivity index (χ4n) is 1.14. The van der Waals surface area contributed by atoms with Crippen LogP contribution >= 0.6 is 11.3 Å². The summed E-state index contributed by atoms with van der Waals surface area (Å²) in [5.41, 5.74) is 2.38. The average Bonchev–Trinajstić information content (AvgIpc) is 2.73. The predicted molar refractivity (Wildman–Crippen MR) is 57.5 cm³/mol. The molecule has 0 fully saturated rings. The van der Waals surface area contributed by atoms with E-state index in [4.69, 9.17) is 5.11 Å². The Kier molecular flexibility index (Phi) is 2.82. The van der Waals surface area contributed by atoms with E-state index in [-0.39, 0.29) is 5.75 Å². The summed E-state index contributed by atoms with van der Waals surface area (Å²) in [6.45, 7) is 0.606. The van der Waals surface area contributed by atoms with Gasteiger partial charge in [-0.1, -0.05) is 0 Å². The van der Waals surface area contributed by atoms with Crippen LogP contribution in [0.4, 0.5) is 10.1 Å². The van der Waals surface area contributed by atoms with Gasteiger partial charge in [0.1, 0.15) is 0 Å². The largest absolute Gasteiger partial charge is 0.505 e. The highest BCUT2D eigenvalue weighted by molar-refractivity contribution is 7.09. The zero-order chi connectivity index (χ0) is 10.7. The van der Waals surface area contributed by atoms with Crippen molar-refractivity contribution in [3.05, 3.63) is 40.6 Å². The summed E-state index contributed by atoms with van der Waals surface area (Å²) in [6, 6.07) is 4.21. The third-order valence-corrected chi connectivity index (χ3v) is 2.68. The van der Waals surface area contributed by atoms with E-state index in [0.717, 1.165) is 4.88 Å². The van der Waals surface area contributed by atoms with Crippen LogP contribution in [0.15, 0.2) is 29.9 Å². The molecule has 0 saturated carbocycles. The Morgan fingerprint density at radius 2 is 2.33 bits per heavy atom. The van der Waals surface area contributed by atoms with Crippen LogP contribution in [0, 0.1) is 5.82 Å². The van der Waals surface area contributed by atoms with Gasteiger partial charge in [0.05, 0.1) is 12.1 Å². The molecule has 2 rings (SSSR count). The fraction of sp³-hybridized carbons (Fsp3) is 0.100. The molecule has 0 amide bonds. The maximum atomic E-state index is 12.9. The van der Waals surface area contributed by atoms with Gasteiger partial charge in [0.2, 0.25) is 0 Å². The van der Waals surface area contributed by atoms with Gasteiger partial charge in [-0.15, -0.1) is 11.3 Å². The minimum atomic E-state index is -0.621. The molecule has 1 aromatic heterocycles. The number of phenolic OH excluding ortho intramolecular Hbond substituents is 1.